The SMILES string of the molecule is CC(C)(C)c1nc2ccc(C#N)c(S(=O)(=O)C(C)(C)C)c2o1. The van der Waals surface area contributed by atoms with E-state index in [0.717, 1.165) is 0 Å². The van der Waals surface area contributed by atoms with Crippen LogP contribution in [0.3, 0.4) is 0 Å². The lowest BCUT2D eigenvalue weighted by Crippen LogP contribution is -2.28. The number of aromatic nitrogens is 1. The predicted octanol–water partition coefficient (Wildman–Crippen LogP) is 3.57. The Morgan fingerprint density at radius 1 is 1.14 bits per heavy atom. The first-order valence-corrected chi connectivity index (χ1v) is 8.46. The highest BCUT2D eigenvalue weighted by molar-refractivity contribution is 7.93. The predicted molar refractivity (Wildman–Crippen MR) is 84.4 cm³/mol. The number of hydrogen-bond acceptors (Lipinski definition) is 5. The summed E-state index contributed by atoms with van der Waals surface area (Å²) in [4.78, 5) is 4.31. The van der Waals surface area contributed by atoms with Gasteiger partial charge in [-0.2, -0.15) is 5.26 Å². The van der Waals surface area contributed by atoms with Gasteiger partial charge in [0.15, 0.2) is 15.4 Å². The van der Waals surface area contributed by atoms with E-state index >= 15 is 0 Å². The molecule has 0 spiro atoms. The van der Waals surface area contributed by atoms with Crippen molar-refractivity contribution in [2.75, 3.05) is 0 Å². The van der Waals surface area contributed by atoms with Crippen molar-refractivity contribution in [3.05, 3.63) is 23.6 Å². The standard InChI is InChI=1S/C16H20N2O3S/c1-15(2,3)14-18-11-8-7-10(9-17)13(12(11)21-14)22(19,20)16(4,5)6/h7-8H,1-6H3. The molecule has 1 aromatic heterocycles. The van der Waals surface area contributed by atoms with Crippen molar-refractivity contribution in [3.8, 4) is 6.07 Å². The number of nitrogens with zero attached hydrogens (tertiary/aromatic N) is 2. The highest BCUT2D eigenvalue weighted by atomic mass is 32.2. The van der Waals surface area contributed by atoms with Crippen molar-refractivity contribution in [2.24, 2.45) is 0 Å². The summed E-state index contributed by atoms with van der Waals surface area (Å²) in [7, 11) is -3.73. The zero-order chi connectivity index (χ0) is 16.9. The Kier molecular flexibility index (Phi) is 3.61. The molecule has 0 aliphatic rings. The second-order valence-electron chi connectivity index (χ2n) is 7.29. The van der Waals surface area contributed by atoms with E-state index < -0.39 is 14.6 Å². The summed E-state index contributed by atoms with van der Waals surface area (Å²) in [5.74, 6) is 0.447. The highest BCUT2D eigenvalue weighted by Gasteiger charge is 2.36. The number of nitriles is 1. The minimum absolute atomic E-state index is 0.0667. The van der Waals surface area contributed by atoms with Crippen LogP contribution in [0.25, 0.3) is 11.1 Å². The maximum atomic E-state index is 12.9. The molecule has 22 heavy (non-hydrogen) atoms. The molecule has 0 atom stereocenters. The molecule has 118 valence electrons. The molecular formula is C16H20N2O3S. The molecular weight excluding hydrogens is 300 g/mol. The molecule has 1 aromatic carbocycles. The van der Waals surface area contributed by atoms with Gasteiger partial charge in [-0.1, -0.05) is 20.8 Å². The fraction of sp³-hybridized carbons (Fsp3) is 0.500. The first-order valence-electron chi connectivity index (χ1n) is 6.98. The maximum Gasteiger partial charge on any atom is 0.200 e. The van der Waals surface area contributed by atoms with Gasteiger partial charge >= 0.3 is 0 Å². The molecule has 0 amide bonds. The molecule has 0 saturated heterocycles. The van der Waals surface area contributed by atoms with E-state index in [1.165, 1.54) is 6.07 Å². The van der Waals surface area contributed by atoms with E-state index in [2.05, 4.69) is 4.98 Å². The molecule has 0 fully saturated rings. The normalized spacial score (nSPS) is 13.3. The van der Waals surface area contributed by atoms with Crippen LogP contribution >= 0.6 is 0 Å². The van der Waals surface area contributed by atoms with Crippen molar-refractivity contribution < 1.29 is 12.8 Å². The van der Waals surface area contributed by atoms with Crippen LogP contribution in [0.4, 0.5) is 0 Å². The van der Waals surface area contributed by atoms with Gasteiger partial charge in [0.1, 0.15) is 16.5 Å². The number of benzene rings is 1. The van der Waals surface area contributed by atoms with E-state index in [0.29, 0.717) is 11.4 Å². The topological polar surface area (TPSA) is 84.0 Å². The number of rotatable bonds is 1. The van der Waals surface area contributed by atoms with Gasteiger partial charge in [-0.15, -0.1) is 0 Å². The molecule has 1 heterocycles. The Bertz CT molecular complexity index is 873. The van der Waals surface area contributed by atoms with E-state index in [4.69, 9.17) is 4.42 Å². The number of oxazole rings is 1. The average molecular weight is 320 g/mol. The Morgan fingerprint density at radius 3 is 2.18 bits per heavy atom. The van der Waals surface area contributed by atoms with Gasteiger partial charge in [0.2, 0.25) is 5.89 Å². The summed E-state index contributed by atoms with van der Waals surface area (Å²) in [6.07, 6.45) is 0. The van der Waals surface area contributed by atoms with Gasteiger partial charge in [-0.05, 0) is 32.9 Å². The molecule has 2 rings (SSSR count). The smallest absolute Gasteiger partial charge is 0.200 e. The van der Waals surface area contributed by atoms with Gasteiger partial charge in [0.25, 0.3) is 0 Å². The Balaban J connectivity index is 2.94. The Hall–Kier alpha value is -1.87. The van der Waals surface area contributed by atoms with Crippen LogP contribution in [-0.4, -0.2) is 18.1 Å². The van der Waals surface area contributed by atoms with Crippen molar-refractivity contribution in [3.63, 3.8) is 0 Å². The van der Waals surface area contributed by atoms with Gasteiger partial charge in [0, 0.05) is 5.41 Å². The minimum atomic E-state index is -3.73. The summed E-state index contributed by atoms with van der Waals surface area (Å²) < 4.78 is 30.4. The first-order chi connectivity index (χ1) is 9.89. The largest absolute Gasteiger partial charge is 0.439 e. The van der Waals surface area contributed by atoms with Crippen LogP contribution in [0.2, 0.25) is 0 Å². The van der Waals surface area contributed by atoms with Gasteiger partial charge < -0.3 is 4.42 Å². The van der Waals surface area contributed by atoms with Gasteiger partial charge in [-0.3, -0.25) is 0 Å². The summed E-state index contributed by atoms with van der Waals surface area (Å²) in [6, 6.07) is 5.05. The summed E-state index contributed by atoms with van der Waals surface area (Å²) in [5.41, 5.74) is 0.346. The third-order valence-corrected chi connectivity index (χ3v) is 5.90. The zero-order valence-electron chi connectivity index (χ0n) is 13.7. The number of fused-ring (bicyclic) bond motifs is 1. The average Bonchev–Trinajstić information content (AvgIpc) is 2.79. The van der Waals surface area contributed by atoms with E-state index in [-0.39, 0.29) is 21.5 Å². The quantitative estimate of drug-likeness (QED) is 0.802. The van der Waals surface area contributed by atoms with Crippen LogP contribution in [0.1, 0.15) is 53.0 Å². The summed E-state index contributed by atoms with van der Waals surface area (Å²) in [6.45, 7) is 10.6. The second-order valence-corrected chi connectivity index (χ2v) is 9.93. The van der Waals surface area contributed by atoms with Crippen molar-refractivity contribution in [1.29, 1.82) is 5.26 Å². The third-order valence-electron chi connectivity index (χ3n) is 3.35. The Labute approximate surface area is 130 Å². The molecule has 0 N–H and O–H groups in total. The molecule has 0 saturated carbocycles. The summed E-state index contributed by atoms with van der Waals surface area (Å²) >= 11 is 0. The van der Waals surface area contributed by atoms with Gasteiger partial charge in [0.05, 0.1) is 10.3 Å². The molecule has 0 unspecified atom stereocenters. The number of sulfone groups is 1. The molecule has 2 aromatic rings. The monoisotopic (exact) mass is 320 g/mol. The molecule has 5 nitrogen and oxygen atoms in total. The summed E-state index contributed by atoms with van der Waals surface area (Å²) in [5, 5.41) is 9.30. The molecule has 0 radical (unpaired) electrons. The third kappa shape index (κ3) is 2.50. The zero-order valence-corrected chi connectivity index (χ0v) is 14.5. The van der Waals surface area contributed by atoms with Crippen LogP contribution in [-0.2, 0) is 15.3 Å². The number of hydrogen-bond donors (Lipinski definition) is 0. The molecule has 6 heteroatoms. The fourth-order valence-electron chi connectivity index (χ4n) is 1.95. The van der Waals surface area contributed by atoms with Crippen molar-refractivity contribution in [1.82, 2.24) is 4.98 Å². The molecule has 0 aliphatic carbocycles. The van der Waals surface area contributed by atoms with Gasteiger partial charge in [-0.25, -0.2) is 13.4 Å². The van der Waals surface area contributed by atoms with Crippen LogP contribution in [0.5, 0.6) is 0 Å². The second kappa shape index (κ2) is 4.82. The van der Waals surface area contributed by atoms with Crippen molar-refractivity contribution in [2.45, 2.75) is 56.6 Å². The maximum absolute atomic E-state index is 12.9. The fourth-order valence-corrected chi connectivity index (χ4v) is 3.36. The van der Waals surface area contributed by atoms with Crippen LogP contribution in [0.15, 0.2) is 21.4 Å². The lowest BCUT2D eigenvalue weighted by atomic mass is 9.97. The lowest BCUT2D eigenvalue weighted by molar-refractivity contribution is 0.408. The first kappa shape index (κ1) is 16.5. The Morgan fingerprint density at radius 2 is 1.73 bits per heavy atom. The van der Waals surface area contributed by atoms with E-state index in [1.54, 1.807) is 26.8 Å². The highest BCUT2D eigenvalue weighted by Crippen LogP contribution is 2.35. The molecule has 0 bridgehead atoms. The van der Waals surface area contributed by atoms with Crippen LogP contribution in [0, 0.1) is 11.3 Å². The lowest BCUT2D eigenvalue weighted by Gasteiger charge is -2.20. The van der Waals surface area contributed by atoms with Crippen LogP contribution < -0.4 is 0 Å². The van der Waals surface area contributed by atoms with E-state index in [9.17, 15) is 13.7 Å². The van der Waals surface area contributed by atoms with Crippen molar-refractivity contribution >= 4 is 20.9 Å². The van der Waals surface area contributed by atoms with E-state index in [1.807, 2.05) is 26.8 Å². The molecule has 0 aliphatic heterocycles. The minimum Gasteiger partial charge on any atom is -0.439 e.